The van der Waals surface area contributed by atoms with Crippen LogP contribution in [0.3, 0.4) is 0 Å². The first-order valence-electron chi connectivity index (χ1n) is 4.78. The molecule has 1 aromatic carbocycles. The molecule has 0 fully saturated rings. The van der Waals surface area contributed by atoms with Crippen molar-refractivity contribution in [3.05, 3.63) is 35.4 Å². The lowest BCUT2D eigenvalue weighted by molar-refractivity contribution is 0.0939. The molecule has 0 aliphatic rings. The van der Waals surface area contributed by atoms with E-state index < -0.39 is 0 Å². The third-order valence-corrected chi connectivity index (χ3v) is 2.17. The third-order valence-electron chi connectivity index (χ3n) is 2.17. The van der Waals surface area contributed by atoms with Gasteiger partial charge in [0.1, 0.15) is 0 Å². The molecule has 0 aliphatic carbocycles. The van der Waals surface area contributed by atoms with Gasteiger partial charge in [0.2, 0.25) is 0 Å². The van der Waals surface area contributed by atoms with Gasteiger partial charge in [-0.1, -0.05) is 45.0 Å². The second kappa shape index (κ2) is 4.22. The van der Waals surface area contributed by atoms with Crippen LogP contribution < -0.4 is 0 Å². The molecule has 1 rings (SSSR count). The number of carbonyl (C=O) groups excluding carboxylic acids is 1. The molecule has 0 aliphatic heterocycles. The van der Waals surface area contributed by atoms with E-state index in [1.807, 2.05) is 38.1 Å². The van der Waals surface area contributed by atoms with Crippen molar-refractivity contribution in [3.63, 3.8) is 0 Å². The summed E-state index contributed by atoms with van der Waals surface area (Å²) in [4.78, 5) is 11.5. The molecule has 70 valence electrons. The first-order chi connectivity index (χ1) is 6.15. The van der Waals surface area contributed by atoms with Gasteiger partial charge in [-0.15, -0.1) is 0 Å². The summed E-state index contributed by atoms with van der Waals surface area (Å²) in [7, 11) is 0. The molecule has 0 saturated heterocycles. The van der Waals surface area contributed by atoms with Crippen molar-refractivity contribution >= 4 is 5.78 Å². The van der Waals surface area contributed by atoms with Crippen molar-refractivity contribution in [2.75, 3.05) is 0 Å². The number of rotatable bonds is 3. The first kappa shape index (κ1) is 9.97. The van der Waals surface area contributed by atoms with Crippen LogP contribution in [0.15, 0.2) is 24.3 Å². The van der Waals surface area contributed by atoms with E-state index in [9.17, 15) is 4.79 Å². The standard InChI is InChI=1S/C12H16O/c1-4-10-5-7-11(8-6-10)12(13)9(2)3/h5-9H,4H2,1-3H3. The van der Waals surface area contributed by atoms with E-state index in [1.165, 1.54) is 5.56 Å². The lowest BCUT2D eigenvalue weighted by Crippen LogP contribution is -2.06. The van der Waals surface area contributed by atoms with Gasteiger partial charge in [-0.25, -0.2) is 0 Å². The normalized spacial score (nSPS) is 10.5. The van der Waals surface area contributed by atoms with E-state index in [4.69, 9.17) is 0 Å². The van der Waals surface area contributed by atoms with Crippen LogP contribution in [0.1, 0.15) is 36.7 Å². The molecule has 0 unspecified atom stereocenters. The highest BCUT2D eigenvalue weighted by molar-refractivity contribution is 5.97. The Hall–Kier alpha value is -1.11. The lowest BCUT2D eigenvalue weighted by atomic mass is 10.00. The van der Waals surface area contributed by atoms with Crippen LogP contribution in [0.2, 0.25) is 0 Å². The topological polar surface area (TPSA) is 17.1 Å². The minimum Gasteiger partial charge on any atom is -0.294 e. The van der Waals surface area contributed by atoms with Crippen LogP contribution >= 0.6 is 0 Å². The van der Waals surface area contributed by atoms with Gasteiger partial charge in [-0.2, -0.15) is 0 Å². The molecule has 0 radical (unpaired) electrons. The number of hydrogen-bond acceptors (Lipinski definition) is 1. The predicted molar refractivity (Wildman–Crippen MR) is 55.0 cm³/mol. The first-order valence-corrected chi connectivity index (χ1v) is 4.78. The zero-order chi connectivity index (χ0) is 9.84. The number of carbonyl (C=O) groups is 1. The Morgan fingerprint density at radius 1 is 1.23 bits per heavy atom. The maximum atomic E-state index is 11.5. The molecule has 0 atom stereocenters. The Balaban J connectivity index is 2.86. The fraction of sp³-hybridized carbons (Fsp3) is 0.417. The Labute approximate surface area is 79.8 Å². The van der Waals surface area contributed by atoms with Crippen molar-refractivity contribution in [2.45, 2.75) is 27.2 Å². The fourth-order valence-electron chi connectivity index (χ4n) is 1.24. The van der Waals surface area contributed by atoms with Crippen LogP contribution in [-0.4, -0.2) is 5.78 Å². The molecular weight excluding hydrogens is 160 g/mol. The van der Waals surface area contributed by atoms with E-state index >= 15 is 0 Å². The zero-order valence-corrected chi connectivity index (χ0v) is 8.50. The van der Waals surface area contributed by atoms with Crippen LogP contribution in [0.4, 0.5) is 0 Å². The van der Waals surface area contributed by atoms with Crippen LogP contribution in [0.5, 0.6) is 0 Å². The van der Waals surface area contributed by atoms with E-state index in [0.29, 0.717) is 0 Å². The quantitative estimate of drug-likeness (QED) is 0.647. The molecule has 0 bridgehead atoms. The van der Waals surface area contributed by atoms with Gasteiger partial charge < -0.3 is 0 Å². The monoisotopic (exact) mass is 176 g/mol. The highest BCUT2D eigenvalue weighted by Crippen LogP contribution is 2.10. The highest BCUT2D eigenvalue weighted by atomic mass is 16.1. The van der Waals surface area contributed by atoms with E-state index in [0.717, 1.165) is 12.0 Å². The second-order valence-electron chi connectivity index (χ2n) is 3.57. The van der Waals surface area contributed by atoms with Crippen LogP contribution in [0.25, 0.3) is 0 Å². The van der Waals surface area contributed by atoms with Gasteiger partial charge in [0.15, 0.2) is 5.78 Å². The van der Waals surface area contributed by atoms with Crippen molar-refractivity contribution in [1.29, 1.82) is 0 Å². The Morgan fingerprint density at radius 3 is 2.15 bits per heavy atom. The minimum absolute atomic E-state index is 0.0903. The Kier molecular flexibility index (Phi) is 3.24. The number of aryl methyl sites for hydroxylation is 1. The summed E-state index contributed by atoms with van der Waals surface area (Å²) < 4.78 is 0. The summed E-state index contributed by atoms with van der Waals surface area (Å²) in [5.74, 6) is 0.315. The molecule has 1 heteroatoms. The second-order valence-corrected chi connectivity index (χ2v) is 3.57. The van der Waals surface area contributed by atoms with Gasteiger partial charge in [0.05, 0.1) is 0 Å². The Morgan fingerprint density at radius 2 is 1.77 bits per heavy atom. The maximum Gasteiger partial charge on any atom is 0.165 e. The molecule has 0 aromatic heterocycles. The minimum atomic E-state index is 0.0903. The van der Waals surface area contributed by atoms with E-state index in [1.54, 1.807) is 0 Å². The number of ketones is 1. The third kappa shape index (κ3) is 2.41. The molecule has 0 amide bonds. The number of Topliss-reactive ketones (excluding diaryl/α,β-unsaturated/α-hetero) is 1. The summed E-state index contributed by atoms with van der Waals surface area (Å²) in [6.07, 6.45) is 1.02. The van der Waals surface area contributed by atoms with Crippen LogP contribution in [-0.2, 0) is 6.42 Å². The maximum absolute atomic E-state index is 11.5. The predicted octanol–water partition coefficient (Wildman–Crippen LogP) is 3.09. The molecule has 0 N–H and O–H groups in total. The highest BCUT2D eigenvalue weighted by Gasteiger charge is 2.09. The summed E-state index contributed by atoms with van der Waals surface area (Å²) in [5.41, 5.74) is 2.10. The fourth-order valence-corrected chi connectivity index (χ4v) is 1.24. The van der Waals surface area contributed by atoms with Gasteiger partial charge in [-0.3, -0.25) is 4.79 Å². The molecule has 0 spiro atoms. The average Bonchev–Trinajstić information content (AvgIpc) is 2.17. The van der Waals surface area contributed by atoms with Crippen molar-refractivity contribution in [2.24, 2.45) is 5.92 Å². The van der Waals surface area contributed by atoms with Crippen molar-refractivity contribution < 1.29 is 4.79 Å². The van der Waals surface area contributed by atoms with E-state index in [-0.39, 0.29) is 11.7 Å². The molecule has 13 heavy (non-hydrogen) atoms. The van der Waals surface area contributed by atoms with Crippen LogP contribution in [0, 0.1) is 5.92 Å². The molecule has 1 aromatic rings. The summed E-state index contributed by atoms with van der Waals surface area (Å²) >= 11 is 0. The van der Waals surface area contributed by atoms with E-state index in [2.05, 4.69) is 6.92 Å². The lowest BCUT2D eigenvalue weighted by Gasteiger charge is -2.04. The smallest absolute Gasteiger partial charge is 0.165 e. The number of benzene rings is 1. The average molecular weight is 176 g/mol. The van der Waals surface area contributed by atoms with Gasteiger partial charge in [0.25, 0.3) is 0 Å². The molecule has 0 heterocycles. The number of hydrogen-bond donors (Lipinski definition) is 0. The van der Waals surface area contributed by atoms with Gasteiger partial charge >= 0.3 is 0 Å². The van der Waals surface area contributed by atoms with Crippen molar-refractivity contribution in [3.8, 4) is 0 Å². The molecular formula is C12H16O. The summed E-state index contributed by atoms with van der Waals surface area (Å²) in [6, 6.07) is 7.88. The summed E-state index contributed by atoms with van der Waals surface area (Å²) in [5, 5.41) is 0. The summed E-state index contributed by atoms with van der Waals surface area (Å²) in [6.45, 7) is 5.96. The molecule has 1 nitrogen and oxygen atoms in total. The van der Waals surface area contributed by atoms with Gasteiger partial charge in [-0.05, 0) is 12.0 Å². The SMILES string of the molecule is CCc1ccc(C(=O)C(C)C)cc1. The molecule has 0 saturated carbocycles. The van der Waals surface area contributed by atoms with Gasteiger partial charge in [0, 0.05) is 11.5 Å². The van der Waals surface area contributed by atoms with Crippen molar-refractivity contribution in [1.82, 2.24) is 0 Å². The largest absolute Gasteiger partial charge is 0.294 e. The Bertz CT molecular complexity index is 282. The zero-order valence-electron chi connectivity index (χ0n) is 8.50.